The monoisotopic (exact) mass is 390 g/mol. The third kappa shape index (κ3) is 3.54. The van der Waals surface area contributed by atoms with E-state index in [9.17, 15) is 21.6 Å². The first-order valence-electron chi connectivity index (χ1n) is 7.45. The number of ether oxygens (including phenoxy) is 1. The molecule has 1 unspecified atom stereocenters. The summed E-state index contributed by atoms with van der Waals surface area (Å²) in [5.74, 6) is -0.412. The predicted octanol–water partition coefficient (Wildman–Crippen LogP) is 1.88. The first-order valence-corrected chi connectivity index (χ1v) is 8.86. The lowest BCUT2D eigenvalue weighted by molar-refractivity contribution is -0.0499. The normalized spacial score (nSPS) is 18.0. The summed E-state index contributed by atoms with van der Waals surface area (Å²) in [6.07, 6.45) is 3.37. The van der Waals surface area contributed by atoms with Crippen LogP contribution in [0.5, 0.6) is 5.75 Å². The standard InChI is InChI=1S/C14H13F3N4O4S/c15-14(16,17)26(22,23)25-12-3-11(19-5-9-1-2-24-8-9)7-21-13(12)10(4-18)6-20-21/h3,6-7,9,19H,1-2,5,8H2. The van der Waals surface area contributed by atoms with Crippen LogP contribution in [0.2, 0.25) is 0 Å². The van der Waals surface area contributed by atoms with Gasteiger partial charge < -0.3 is 14.2 Å². The summed E-state index contributed by atoms with van der Waals surface area (Å²) in [6.45, 7) is 1.67. The molecule has 1 aliphatic heterocycles. The van der Waals surface area contributed by atoms with Crippen molar-refractivity contribution in [2.45, 2.75) is 11.9 Å². The van der Waals surface area contributed by atoms with E-state index in [2.05, 4.69) is 14.6 Å². The van der Waals surface area contributed by atoms with E-state index in [4.69, 9.17) is 10.00 Å². The van der Waals surface area contributed by atoms with Gasteiger partial charge in [-0.15, -0.1) is 0 Å². The molecule has 3 rings (SSSR count). The van der Waals surface area contributed by atoms with Gasteiger partial charge in [0.2, 0.25) is 0 Å². The first-order chi connectivity index (χ1) is 12.2. The van der Waals surface area contributed by atoms with Gasteiger partial charge in [0.15, 0.2) is 5.75 Å². The molecule has 0 spiro atoms. The number of rotatable bonds is 5. The Hall–Kier alpha value is -2.52. The minimum Gasteiger partial charge on any atom is -0.383 e. The zero-order valence-corrected chi connectivity index (χ0v) is 14.0. The fourth-order valence-corrected chi connectivity index (χ4v) is 2.96. The average Bonchev–Trinajstić information content (AvgIpc) is 3.20. The molecule has 2 aromatic heterocycles. The van der Waals surface area contributed by atoms with Gasteiger partial charge in [-0.2, -0.15) is 31.9 Å². The third-order valence-corrected chi connectivity index (χ3v) is 4.77. The van der Waals surface area contributed by atoms with Gasteiger partial charge in [-0.3, -0.25) is 0 Å². The number of nitrogens with zero attached hydrogens (tertiary/aromatic N) is 3. The molecule has 1 aliphatic rings. The number of nitriles is 1. The van der Waals surface area contributed by atoms with Crippen molar-refractivity contribution in [3.63, 3.8) is 0 Å². The Balaban J connectivity index is 1.98. The molecule has 0 radical (unpaired) electrons. The van der Waals surface area contributed by atoms with Gasteiger partial charge in [0.1, 0.15) is 17.1 Å². The van der Waals surface area contributed by atoms with Crippen molar-refractivity contribution in [2.75, 3.05) is 25.1 Å². The van der Waals surface area contributed by atoms with Crippen LogP contribution in [0.25, 0.3) is 5.52 Å². The maximum absolute atomic E-state index is 12.7. The molecule has 0 aliphatic carbocycles. The van der Waals surface area contributed by atoms with E-state index in [0.29, 0.717) is 25.4 Å². The van der Waals surface area contributed by atoms with Crippen molar-refractivity contribution >= 4 is 21.3 Å². The summed E-state index contributed by atoms with van der Waals surface area (Å²) in [4.78, 5) is 0. The fraction of sp³-hybridized carbons (Fsp3) is 0.429. The molecule has 8 nitrogen and oxygen atoms in total. The molecular formula is C14H13F3N4O4S. The third-order valence-electron chi connectivity index (χ3n) is 3.80. The summed E-state index contributed by atoms with van der Waals surface area (Å²) >= 11 is 0. The molecule has 1 fully saturated rings. The maximum atomic E-state index is 12.7. The van der Waals surface area contributed by atoms with Gasteiger partial charge in [-0.1, -0.05) is 0 Å². The van der Waals surface area contributed by atoms with Gasteiger partial charge in [0.25, 0.3) is 0 Å². The molecular weight excluding hydrogens is 377 g/mol. The number of halogens is 3. The van der Waals surface area contributed by atoms with E-state index in [1.54, 1.807) is 6.07 Å². The Kier molecular flexibility index (Phi) is 4.68. The minimum atomic E-state index is -5.89. The van der Waals surface area contributed by atoms with Crippen molar-refractivity contribution in [2.24, 2.45) is 5.92 Å². The van der Waals surface area contributed by atoms with Crippen molar-refractivity contribution in [3.8, 4) is 11.8 Å². The van der Waals surface area contributed by atoms with E-state index in [-0.39, 0.29) is 17.0 Å². The molecule has 1 N–H and O–H groups in total. The molecule has 0 amide bonds. The molecule has 3 heterocycles. The number of hydrogen-bond acceptors (Lipinski definition) is 7. The molecule has 1 saturated heterocycles. The zero-order valence-electron chi connectivity index (χ0n) is 13.2. The van der Waals surface area contributed by atoms with Crippen LogP contribution in [0.15, 0.2) is 18.5 Å². The highest BCUT2D eigenvalue weighted by Crippen LogP contribution is 2.32. The van der Waals surface area contributed by atoms with Crippen LogP contribution in [-0.4, -0.2) is 43.3 Å². The number of anilines is 1. The number of nitrogens with one attached hydrogen (secondary N) is 1. The number of aromatic nitrogens is 2. The maximum Gasteiger partial charge on any atom is 0.534 e. The van der Waals surface area contributed by atoms with E-state index >= 15 is 0 Å². The van der Waals surface area contributed by atoms with Gasteiger partial charge in [0.05, 0.1) is 24.7 Å². The second kappa shape index (κ2) is 6.65. The fourth-order valence-electron chi connectivity index (χ4n) is 2.50. The summed E-state index contributed by atoms with van der Waals surface area (Å²) in [5.41, 5.74) is -5.59. The van der Waals surface area contributed by atoms with Crippen molar-refractivity contribution in [3.05, 3.63) is 24.0 Å². The Morgan fingerprint density at radius 2 is 2.27 bits per heavy atom. The Bertz CT molecular complexity index is 959. The molecule has 2 aromatic rings. The summed E-state index contributed by atoms with van der Waals surface area (Å²) in [5, 5.41) is 15.9. The van der Waals surface area contributed by atoms with Gasteiger partial charge >= 0.3 is 15.6 Å². The smallest absolute Gasteiger partial charge is 0.383 e. The van der Waals surface area contributed by atoms with Gasteiger partial charge in [-0.25, -0.2) is 4.52 Å². The number of alkyl halides is 3. The number of hydrogen-bond donors (Lipinski definition) is 1. The van der Waals surface area contributed by atoms with Gasteiger partial charge in [-0.05, 0) is 6.42 Å². The molecule has 0 bridgehead atoms. The lowest BCUT2D eigenvalue weighted by Gasteiger charge is -2.14. The average molecular weight is 390 g/mol. The molecule has 140 valence electrons. The Labute approximate surface area is 146 Å². The van der Waals surface area contributed by atoms with Crippen molar-refractivity contribution < 1.29 is 30.5 Å². The molecule has 0 aromatic carbocycles. The second-order valence-electron chi connectivity index (χ2n) is 5.65. The quantitative estimate of drug-likeness (QED) is 0.614. The van der Waals surface area contributed by atoms with E-state index in [1.807, 2.05) is 0 Å². The Morgan fingerprint density at radius 3 is 2.88 bits per heavy atom. The van der Waals surface area contributed by atoms with Crippen molar-refractivity contribution in [1.82, 2.24) is 9.61 Å². The van der Waals surface area contributed by atoms with Crippen LogP contribution < -0.4 is 9.50 Å². The zero-order chi connectivity index (χ0) is 18.9. The summed E-state index contributed by atoms with van der Waals surface area (Å²) in [6, 6.07) is 2.83. The predicted molar refractivity (Wildman–Crippen MR) is 82.9 cm³/mol. The topological polar surface area (TPSA) is 106 Å². The molecule has 12 heteroatoms. The van der Waals surface area contributed by atoms with Crippen LogP contribution in [0.4, 0.5) is 18.9 Å². The highest BCUT2D eigenvalue weighted by atomic mass is 32.2. The van der Waals surface area contributed by atoms with E-state index < -0.39 is 21.4 Å². The largest absolute Gasteiger partial charge is 0.534 e. The van der Waals surface area contributed by atoms with E-state index in [1.165, 1.54) is 6.20 Å². The highest BCUT2D eigenvalue weighted by molar-refractivity contribution is 7.88. The summed E-state index contributed by atoms with van der Waals surface area (Å²) < 4.78 is 71.3. The molecule has 26 heavy (non-hydrogen) atoms. The Morgan fingerprint density at radius 1 is 1.50 bits per heavy atom. The van der Waals surface area contributed by atoms with Crippen molar-refractivity contribution in [1.29, 1.82) is 5.26 Å². The minimum absolute atomic E-state index is 0.117. The van der Waals surface area contributed by atoms with Gasteiger partial charge in [0, 0.05) is 25.1 Å². The van der Waals surface area contributed by atoms with Crippen LogP contribution in [-0.2, 0) is 14.9 Å². The highest BCUT2D eigenvalue weighted by Gasteiger charge is 2.49. The van der Waals surface area contributed by atoms with Crippen LogP contribution in [0, 0.1) is 17.2 Å². The molecule has 1 atom stereocenters. The molecule has 0 saturated carbocycles. The van der Waals surface area contributed by atoms with Crippen LogP contribution in [0.3, 0.4) is 0 Å². The lowest BCUT2D eigenvalue weighted by atomic mass is 10.1. The summed E-state index contributed by atoms with van der Waals surface area (Å²) in [7, 11) is -5.89. The van der Waals surface area contributed by atoms with Crippen LogP contribution in [0.1, 0.15) is 12.0 Å². The second-order valence-corrected chi connectivity index (χ2v) is 7.19. The first kappa shape index (κ1) is 18.3. The SMILES string of the molecule is N#Cc1cnn2cc(NCC3CCOC3)cc(OS(=O)(=O)C(F)(F)F)c12. The van der Waals surface area contributed by atoms with Crippen LogP contribution >= 0.6 is 0 Å². The number of pyridine rings is 1. The van der Waals surface area contributed by atoms with E-state index in [0.717, 1.165) is 23.2 Å². The number of fused-ring (bicyclic) bond motifs is 1. The lowest BCUT2D eigenvalue weighted by Crippen LogP contribution is -2.28.